The van der Waals surface area contributed by atoms with Crippen molar-refractivity contribution in [3.8, 4) is 0 Å². The van der Waals surface area contributed by atoms with E-state index in [9.17, 15) is 13.2 Å². The molecule has 0 atom stereocenters. The minimum absolute atomic E-state index is 0.0841. The summed E-state index contributed by atoms with van der Waals surface area (Å²) < 4.78 is 28.5. The average Bonchev–Trinajstić information content (AvgIpc) is 2.98. The Morgan fingerprint density at radius 2 is 1.71 bits per heavy atom. The zero-order chi connectivity index (χ0) is 20.1. The number of nitrogens with one attached hydrogen (secondary N) is 1. The molecule has 2 aromatic carbocycles. The van der Waals surface area contributed by atoms with Gasteiger partial charge in [-0.1, -0.05) is 31.0 Å². The van der Waals surface area contributed by atoms with Crippen molar-refractivity contribution in [2.75, 3.05) is 24.1 Å². The molecule has 0 spiro atoms. The number of hydrogen-bond donors (Lipinski definition) is 1. The number of aryl methyl sites for hydroxylation is 1. The first kappa shape index (κ1) is 20.7. The molecule has 1 N–H and O–H groups in total. The van der Waals surface area contributed by atoms with Crippen LogP contribution in [0.4, 0.5) is 5.69 Å². The molecule has 1 aliphatic rings. The summed E-state index contributed by atoms with van der Waals surface area (Å²) in [6.07, 6.45) is 6.15. The van der Waals surface area contributed by atoms with Crippen LogP contribution < -0.4 is 4.72 Å². The van der Waals surface area contributed by atoms with Crippen LogP contribution in [-0.2, 0) is 10.0 Å². The zero-order valence-corrected chi connectivity index (χ0v) is 17.9. The summed E-state index contributed by atoms with van der Waals surface area (Å²) in [4.78, 5) is 15.9. The lowest BCUT2D eigenvalue weighted by Crippen LogP contribution is -2.32. The van der Waals surface area contributed by atoms with Crippen LogP contribution in [0.1, 0.15) is 41.6 Å². The van der Waals surface area contributed by atoms with E-state index < -0.39 is 10.0 Å². The molecule has 0 radical (unpaired) electrons. The minimum atomic E-state index is -3.78. The first-order valence-electron chi connectivity index (χ1n) is 9.48. The monoisotopic (exact) mass is 418 g/mol. The van der Waals surface area contributed by atoms with Gasteiger partial charge in [0.25, 0.3) is 15.9 Å². The van der Waals surface area contributed by atoms with Gasteiger partial charge in [-0.2, -0.15) is 0 Å². The van der Waals surface area contributed by atoms with E-state index in [1.165, 1.54) is 17.8 Å². The number of anilines is 1. The number of benzene rings is 2. The quantitative estimate of drug-likeness (QED) is 0.724. The second-order valence-corrected chi connectivity index (χ2v) is 9.52. The van der Waals surface area contributed by atoms with Crippen molar-refractivity contribution in [1.82, 2.24) is 4.90 Å². The van der Waals surface area contributed by atoms with Gasteiger partial charge in [-0.15, -0.1) is 11.8 Å². The van der Waals surface area contributed by atoms with E-state index in [0.717, 1.165) is 49.2 Å². The Labute approximate surface area is 171 Å². The van der Waals surface area contributed by atoms with Gasteiger partial charge in [0.1, 0.15) is 0 Å². The van der Waals surface area contributed by atoms with Crippen molar-refractivity contribution < 1.29 is 13.2 Å². The van der Waals surface area contributed by atoms with Crippen LogP contribution in [0.2, 0.25) is 0 Å². The Hall–Kier alpha value is -1.99. The molecule has 150 valence electrons. The molecule has 7 heteroatoms. The molecule has 0 bridgehead atoms. The van der Waals surface area contributed by atoms with E-state index in [0.29, 0.717) is 11.3 Å². The highest BCUT2D eigenvalue weighted by molar-refractivity contribution is 7.98. The van der Waals surface area contributed by atoms with Gasteiger partial charge < -0.3 is 4.90 Å². The summed E-state index contributed by atoms with van der Waals surface area (Å²) in [6, 6.07) is 12.0. The number of amides is 1. The predicted molar refractivity (Wildman–Crippen MR) is 115 cm³/mol. The van der Waals surface area contributed by atoms with Gasteiger partial charge in [0.05, 0.1) is 16.1 Å². The van der Waals surface area contributed by atoms with Crippen LogP contribution in [-0.4, -0.2) is 38.6 Å². The summed E-state index contributed by atoms with van der Waals surface area (Å²) in [6.45, 7) is 3.30. The number of thioether (sulfide) groups is 1. The van der Waals surface area contributed by atoms with Crippen LogP contribution in [0.5, 0.6) is 0 Å². The second-order valence-electron chi connectivity index (χ2n) is 6.99. The van der Waals surface area contributed by atoms with Crippen molar-refractivity contribution in [1.29, 1.82) is 0 Å². The highest BCUT2D eigenvalue weighted by Crippen LogP contribution is 2.27. The first-order valence-corrected chi connectivity index (χ1v) is 12.2. The third-order valence-corrected chi connectivity index (χ3v) is 7.15. The summed E-state index contributed by atoms with van der Waals surface area (Å²) in [5.74, 6) is -0.0841. The van der Waals surface area contributed by atoms with Crippen LogP contribution in [0.3, 0.4) is 0 Å². The molecule has 1 aliphatic heterocycles. The van der Waals surface area contributed by atoms with Crippen molar-refractivity contribution in [2.24, 2.45) is 0 Å². The van der Waals surface area contributed by atoms with Gasteiger partial charge in [-0.3, -0.25) is 9.52 Å². The number of hydrogen-bond acceptors (Lipinski definition) is 4. The fourth-order valence-electron chi connectivity index (χ4n) is 3.36. The van der Waals surface area contributed by atoms with E-state index in [1.807, 2.05) is 30.2 Å². The number of rotatable bonds is 5. The lowest BCUT2D eigenvalue weighted by Gasteiger charge is -2.22. The molecule has 0 aliphatic carbocycles. The third kappa shape index (κ3) is 4.70. The topological polar surface area (TPSA) is 66.5 Å². The zero-order valence-electron chi connectivity index (χ0n) is 16.3. The van der Waals surface area contributed by atoms with E-state index in [1.54, 1.807) is 24.3 Å². The standard InChI is InChI=1S/C21H26N2O3S2/c1-16-9-5-6-10-19(16)22-28(25,26)17-11-12-20(27-2)18(15-17)21(24)23-13-7-3-4-8-14-23/h5-6,9-12,15,22H,3-4,7-8,13-14H2,1-2H3. The maximum Gasteiger partial charge on any atom is 0.261 e. The third-order valence-electron chi connectivity index (χ3n) is 4.99. The summed E-state index contributed by atoms with van der Waals surface area (Å²) >= 11 is 1.46. The molecule has 1 saturated heterocycles. The average molecular weight is 419 g/mol. The Morgan fingerprint density at radius 3 is 2.36 bits per heavy atom. The molecule has 28 heavy (non-hydrogen) atoms. The lowest BCUT2D eigenvalue weighted by molar-refractivity contribution is 0.0758. The highest BCUT2D eigenvalue weighted by atomic mass is 32.2. The number of carbonyl (C=O) groups is 1. The van der Waals surface area contributed by atoms with Crippen molar-refractivity contribution in [2.45, 2.75) is 42.4 Å². The molecule has 0 aromatic heterocycles. The Kier molecular flexibility index (Phi) is 6.67. The van der Waals surface area contributed by atoms with E-state index in [2.05, 4.69) is 4.72 Å². The van der Waals surface area contributed by atoms with Gasteiger partial charge in [0, 0.05) is 18.0 Å². The maximum absolute atomic E-state index is 13.1. The number of likely N-dealkylation sites (tertiary alicyclic amines) is 1. The molecule has 0 saturated carbocycles. The Balaban J connectivity index is 1.93. The minimum Gasteiger partial charge on any atom is -0.339 e. The largest absolute Gasteiger partial charge is 0.339 e. The summed E-state index contributed by atoms with van der Waals surface area (Å²) in [5, 5.41) is 0. The van der Waals surface area contributed by atoms with Crippen LogP contribution >= 0.6 is 11.8 Å². The molecule has 3 rings (SSSR count). The molecule has 0 unspecified atom stereocenters. The van der Waals surface area contributed by atoms with Crippen LogP contribution in [0, 0.1) is 6.92 Å². The van der Waals surface area contributed by atoms with Crippen LogP contribution in [0.15, 0.2) is 52.3 Å². The van der Waals surface area contributed by atoms with Crippen molar-refractivity contribution in [3.63, 3.8) is 0 Å². The number of carbonyl (C=O) groups excluding carboxylic acids is 1. The van der Waals surface area contributed by atoms with Crippen LogP contribution in [0.25, 0.3) is 0 Å². The van der Waals surface area contributed by atoms with E-state index in [-0.39, 0.29) is 10.8 Å². The molecular weight excluding hydrogens is 392 g/mol. The molecule has 5 nitrogen and oxygen atoms in total. The van der Waals surface area contributed by atoms with Gasteiger partial charge in [-0.05, 0) is 55.9 Å². The maximum atomic E-state index is 13.1. The number of sulfonamides is 1. The smallest absolute Gasteiger partial charge is 0.261 e. The van der Waals surface area contributed by atoms with Gasteiger partial charge in [0.2, 0.25) is 0 Å². The SMILES string of the molecule is CSc1ccc(S(=O)(=O)Nc2ccccc2C)cc1C(=O)N1CCCCCC1. The summed E-state index contributed by atoms with van der Waals surface area (Å²) in [7, 11) is -3.78. The molecule has 1 amide bonds. The van der Waals surface area contributed by atoms with Gasteiger partial charge >= 0.3 is 0 Å². The van der Waals surface area contributed by atoms with E-state index >= 15 is 0 Å². The van der Waals surface area contributed by atoms with E-state index in [4.69, 9.17) is 0 Å². The Bertz CT molecular complexity index is 950. The highest BCUT2D eigenvalue weighted by Gasteiger charge is 2.23. The summed E-state index contributed by atoms with van der Waals surface area (Å²) in [5.41, 5.74) is 1.84. The molecule has 1 fully saturated rings. The second kappa shape index (κ2) is 9.01. The Morgan fingerprint density at radius 1 is 1.04 bits per heavy atom. The number of para-hydroxylation sites is 1. The van der Waals surface area contributed by atoms with Crippen molar-refractivity contribution in [3.05, 3.63) is 53.6 Å². The fraction of sp³-hybridized carbons (Fsp3) is 0.381. The fourth-order valence-corrected chi connectivity index (χ4v) is 5.08. The van der Waals surface area contributed by atoms with Gasteiger partial charge in [-0.25, -0.2) is 8.42 Å². The van der Waals surface area contributed by atoms with Gasteiger partial charge in [0.15, 0.2) is 0 Å². The molecular formula is C21H26N2O3S2. The molecule has 1 heterocycles. The predicted octanol–water partition coefficient (Wildman–Crippen LogP) is 4.53. The normalized spacial score (nSPS) is 15.1. The lowest BCUT2D eigenvalue weighted by atomic mass is 10.2. The van der Waals surface area contributed by atoms with Crippen molar-refractivity contribution >= 4 is 33.4 Å². The molecule has 2 aromatic rings. The first-order chi connectivity index (χ1) is 13.4. The number of nitrogens with zero attached hydrogens (tertiary/aromatic N) is 1.